The van der Waals surface area contributed by atoms with Gasteiger partial charge in [0.25, 0.3) is 0 Å². The Balaban J connectivity index is 2.69. The number of rotatable bonds is 0. The fourth-order valence-corrected chi connectivity index (χ4v) is 0.685. The summed E-state index contributed by atoms with van der Waals surface area (Å²) in [5, 5.41) is 0. The molecule has 0 aromatic carbocycles. The zero-order valence-corrected chi connectivity index (χ0v) is 4.52. The Bertz CT molecular complexity index is 147. The molecule has 0 amide bonds. The molecule has 0 saturated heterocycles. The molecule has 0 spiro atoms. The number of nitrogens with two attached hydrogens (primary N) is 1. The molecule has 1 aliphatic rings. The predicted octanol–water partition coefficient (Wildman–Crippen LogP) is 1.48. The van der Waals surface area contributed by atoms with Gasteiger partial charge in [-0.1, -0.05) is 0 Å². The van der Waals surface area contributed by atoms with Crippen LogP contribution in [0.5, 0.6) is 0 Å². The Morgan fingerprint density at radius 1 is 1.62 bits per heavy atom. The van der Waals surface area contributed by atoms with Gasteiger partial charge in [0.05, 0.1) is 0 Å². The minimum atomic E-state index is -0.200. The van der Waals surface area contributed by atoms with Gasteiger partial charge in [0.15, 0.2) is 0 Å². The third-order valence-electron chi connectivity index (χ3n) is 1.10. The quantitative estimate of drug-likeness (QED) is 0.506. The lowest BCUT2D eigenvalue weighted by Gasteiger charge is -2.01. The number of allylic oxidation sites excluding steroid dienone is 4. The summed E-state index contributed by atoms with van der Waals surface area (Å²) in [6, 6.07) is 0. The molecule has 0 unspecified atom stereocenters. The molecule has 0 aromatic heterocycles. The Labute approximate surface area is 47.7 Å². The molecule has 2 N–H and O–H groups in total. The molecule has 0 radical (unpaired) electrons. The monoisotopic (exact) mass is 113 g/mol. The van der Waals surface area contributed by atoms with Crippen LogP contribution in [0, 0.1) is 0 Å². The van der Waals surface area contributed by atoms with Crippen LogP contribution in [0.1, 0.15) is 12.8 Å². The van der Waals surface area contributed by atoms with Crippen LogP contribution in [0.15, 0.2) is 23.7 Å². The number of halogens is 1. The second kappa shape index (κ2) is 1.99. The lowest BCUT2D eigenvalue weighted by molar-refractivity contribution is 0.646. The van der Waals surface area contributed by atoms with Gasteiger partial charge >= 0.3 is 0 Å². The van der Waals surface area contributed by atoms with Crippen LogP contribution in [-0.2, 0) is 0 Å². The van der Waals surface area contributed by atoms with Crippen LogP contribution >= 0.6 is 0 Å². The molecular weight excluding hydrogens is 105 g/mol. The summed E-state index contributed by atoms with van der Waals surface area (Å²) in [7, 11) is 0. The lowest BCUT2D eigenvalue weighted by atomic mass is 10.1. The Kier molecular flexibility index (Phi) is 1.33. The van der Waals surface area contributed by atoms with Crippen molar-refractivity contribution in [3.8, 4) is 0 Å². The van der Waals surface area contributed by atoms with E-state index in [2.05, 4.69) is 0 Å². The zero-order chi connectivity index (χ0) is 5.98. The van der Waals surface area contributed by atoms with Gasteiger partial charge in [-0.05, 0) is 25.0 Å². The molecular formula is C6H8FN. The molecule has 8 heavy (non-hydrogen) atoms. The highest BCUT2D eigenvalue weighted by Crippen LogP contribution is 2.13. The van der Waals surface area contributed by atoms with Gasteiger partial charge in [-0.15, -0.1) is 0 Å². The summed E-state index contributed by atoms with van der Waals surface area (Å²) in [5.41, 5.74) is 5.95. The van der Waals surface area contributed by atoms with Crippen molar-refractivity contribution in [3.63, 3.8) is 0 Å². The average Bonchev–Trinajstić information content (AvgIpc) is 1.64. The van der Waals surface area contributed by atoms with E-state index in [0.29, 0.717) is 5.70 Å². The van der Waals surface area contributed by atoms with Crippen molar-refractivity contribution in [3.05, 3.63) is 23.7 Å². The van der Waals surface area contributed by atoms with E-state index >= 15 is 0 Å². The summed E-state index contributed by atoms with van der Waals surface area (Å²) in [6.45, 7) is 0. The standard InChI is InChI=1S/C6H8FN/c7-5-2-1-3-6(8)4-5/h2,4H,1,3,8H2. The molecule has 0 fully saturated rings. The first kappa shape index (κ1) is 5.35. The van der Waals surface area contributed by atoms with Crippen molar-refractivity contribution < 1.29 is 4.39 Å². The van der Waals surface area contributed by atoms with Crippen LogP contribution in [0.2, 0.25) is 0 Å². The Hall–Kier alpha value is -0.790. The topological polar surface area (TPSA) is 26.0 Å². The van der Waals surface area contributed by atoms with Crippen molar-refractivity contribution in [2.45, 2.75) is 12.8 Å². The molecule has 1 rings (SSSR count). The summed E-state index contributed by atoms with van der Waals surface area (Å²) >= 11 is 0. The molecule has 0 heterocycles. The summed E-state index contributed by atoms with van der Waals surface area (Å²) in [6.07, 6.45) is 4.45. The SMILES string of the molecule is NC1=CC(F)=CCC1. The molecule has 0 saturated carbocycles. The first-order valence-electron chi connectivity index (χ1n) is 2.61. The summed E-state index contributed by atoms with van der Waals surface area (Å²) < 4.78 is 12.1. The maximum Gasteiger partial charge on any atom is 0.120 e. The second-order valence-corrected chi connectivity index (χ2v) is 1.85. The number of hydrogen-bond acceptors (Lipinski definition) is 1. The van der Waals surface area contributed by atoms with Crippen molar-refractivity contribution in [2.75, 3.05) is 0 Å². The Morgan fingerprint density at radius 2 is 2.38 bits per heavy atom. The Morgan fingerprint density at radius 3 is 2.75 bits per heavy atom. The minimum absolute atomic E-state index is 0.200. The number of hydrogen-bond donors (Lipinski definition) is 1. The van der Waals surface area contributed by atoms with E-state index in [-0.39, 0.29) is 5.83 Å². The maximum absolute atomic E-state index is 12.1. The molecule has 0 aliphatic heterocycles. The van der Waals surface area contributed by atoms with E-state index in [9.17, 15) is 4.39 Å². The first-order chi connectivity index (χ1) is 3.79. The van der Waals surface area contributed by atoms with Crippen molar-refractivity contribution >= 4 is 0 Å². The smallest absolute Gasteiger partial charge is 0.120 e. The van der Waals surface area contributed by atoms with Gasteiger partial charge in [-0.3, -0.25) is 0 Å². The van der Waals surface area contributed by atoms with Crippen LogP contribution < -0.4 is 5.73 Å². The van der Waals surface area contributed by atoms with Crippen LogP contribution in [0.25, 0.3) is 0 Å². The van der Waals surface area contributed by atoms with Crippen molar-refractivity contribution in [2.24, 2.45) is 5.73 Å². The molecule has 1 nitrogen and oxygen atoms in total. The fourth-order valence-electron chi connectivity index (χ4n) is 0.685. The van der Waals surface area contributed by atoms with E-state index in [1.807, 2.05) is 0 Å². The van der Waals surface area contributed by atoms with E-state index in [1.165, 1.54) is 12.2 Å². The van der Waals surface area contributed by atoms with E-state index in [4.69, 9.17) is 5.73 Å². The second-order valence-electron chi connectivity index (χ2n) is 1.85. The summed E-state index contributed by atoms with van der Waals surface area (Å²) in [5.74, 6) is -0.200. The highest BCUT2D eigenvalue weighted by molar-refractivity contribution is 5.20. The first-order valence-corrected chi connectivity index (χ1v) is 2.61. The van der Waals surface area contributed by atoms with Gasteiger partial charge in [0, 0.05) is 5.70 Å². The molecule has 2 heteroatoms. The van der Waals surface area contributed by atoms with Gasteiger partial charge in [0.1, 0.15) is 5.83 Å². The largest absolute Gasteiger partial charge is 0.402 e. The lowest BCUT2D eigenvalue weighted by Crippen LogP contribution is -1.99. The van der Waals surface area contributed by atoms with Gasteiger partial charge in [-0.25, -0.2) is 4.39 Å². The maximum atomic E-state index is 12.1. The van der Waals surface area contributed by atoms with Crippen LogP contribution in [0.4, 0.5) is 4.39 Å². The van der Waals surface area contributed by atoms with E-state index in [1.54, 1.807) is 0 Å². The molecule has 0 atom stereocenters. The van der Waals surface area contributed by atoms with E-state index in [0.717, 1.165) is 12.8 Å². The highest BCUT2D eigenvalue weighted by Gasteiger charge is 1.98. The van der Waals surface area contributed by atoms with Crippen LogP contribution in [0.3, 0.4) is 0 Å². The van der Waals surface area contributed by atoms with Gasteiger partial charge in [0.2, 0.25) is 0 Å². The predicted molar refractivity (Wildman–Crippen MR) is 30.7 cm³/mol. The minimum Gasteiger partial charge on any atom is -0.402 e. The molecule has 1 aliphatic carbocycles. The van der Waals surface area contributed by atoms with E-state index < -0.39 is 0 Å². The van der Waals surface area contributed by atoms with Crippen molar-refractivity contribution in [1.82, 2.24) is 0 Å². The molecule has 0 bridgehead atoms. The third-order valence-corrected chi connectivity index (χ3v) is 1.10. The van der Waals surface area contributed by atoms with Gasteiger partial charge < -0.3 is 5.73 Å². The fraction of sp³-hybridized carbons (Fsp3) is 0.333. The average molecular weight is 113 g/mol. The molecule has 0 aromatic rings. The zero-order valence-electron chi connectivity index (χ0n) is 4.52. The molecule has 44 valence electrons. The normalized spacial score (nSPS) is 19.6. The highest BCUT2D eigenvalue weighted by atomic mass is 19.1. The van der Waals surface area contributed by atoms with Gasteiger partial charge in [-0.2, -0.15) is 0 Å². The van der Waals surface area contributed by atoms with Crippen molar-refractivity contribution in [1.29, 1.82) is 0 Å². The summed E-state index contributed by atoms with van der Waals surface area (Å²) in [4.78, 5) is 0. The van der Waals surface area contributed by atoms with Crippen LogP contribution in [-0.4, -0.2) is 0 Å². The third kappa shape index (κ3) is 1.09.